The van der Waals surface area contributed by atoms with Gasteiger partial charge in [0.05, 0.1) is 6.20 Å². The summed E-state index contributed by atoms with van der Waals surface area (Å²) in [4.78, 5) is 0. The molecule has 3 rings (SSSR count). The molecule has 0 amide bonds. The smallest absolute Gasteiger partial charge is 0.123 e. The van der Waals surface area contributed by atoms with Crippen LogP contribution < -0.4 is 5.32 Å². The molecule has 0 aliphatic carbocycles. The third-order valence-electron chi connectivity index (χ3n) is 3.68. The van der Waals surface area contributed by atoms with Crippen LogP contribution in [0, 0.1) is 5.82 Å². The van der Waals surface area contributed by atoms with Crippen LogP contribution in [0.2, 0.25) is 0 Å². The first-order valence-electron chi connectivity index (χ1n) is 6.12. The van der Waals surface area contributed by atoms with Gasteiger partial charge in [-0.3, -0.25) is 4.68 Å². The van der Waals surface area contributed by atoms with Crippen molar-refractivity contribution in [3.05, 3.63) is 53.6 Å². The zero-order valence-corrected chi connectivity index (χ0v) is 10.4. The minimum atomic E-state index is -0.178. The Morgan fingerprint density at radius 2 is 2.06 bits per heavy atom. The number of aryl methyl sites for hydroxylation is 1. The van der Waals surface area contributed by atoms with Crippen LogP contribution in [0.1, 0.15) is 11.1 Å². The van der Waals surface area contributed by atoms with E-state index in [0.717, 1.165) is 19.5 Å². The molecule has 4 heteroatoms. The molecule has 0 bridgehead atoms. The first-order valence-corrected chi connectivity index (χ1v) is 6.12. The molecular formula is C14H16FN3. The van der Waals surface area contributed by atoms with Gasteiger partial charge in [0.1, 0.15) is 5.82 Å². The van der Waals surface area contributed by atoms with Gasteiger partial charge in [-0.15, -0.1) is 0 Å². The van der Waals surface area contributed by atoms with Gasteiger partial charge in [-0.25, -0.2) is 4.39 Å². The molecule has 0 spiro atoms. The summed E-state index contributed by atoms with van der Waals surface area (Å²) in [5.74, 6) is -0.178. The van der Waals surface area contributed by atoms with E-state index in [9.17, 15) is 4.39 Å². The second-order valence-corrected chi connectivity index (χ2v) is 5.09. The Bertz CT molecular complexity index is 540. The fraction of sp³-hybridized carbons (Fsp3) is 0.357. The maximum Gasteiger partial charge on any atom is 0.123 e. The molecule has 1 aliphatic heterocycles. The minimum Gasteiger partial charge on any atom is -0.315 e. The highest BCUT2D eigenvalue weighted by molar-refractivity contribution is 5.32. The predicted molar refractivity (Wildman–Crippen MR) is 67.9 cm³/mol. The number of halogens is 1. The number of benzene rings is 1. The highest BCUT2D eigenvalue weighted by Crippen LogP contribution is 2.32. The van der Waals surface area contributed by atoms with Crippen molar-refractivity contribution in [1.29, 1.82) is 0 Å². The number of aromatic nitrogens is 2. The van der Waals surface area contributed by atoms with Crippen molar-refractivity contribution in [3.63, 3.8) is 0 Å². The highest BCUT2D eigenvalue weighted by Gasteiger charge is 2.38. The number of nitrogens with zero attached hydrogens (tertiary/aromatic N) is 2. The Morgan fingerprint density at radius 1 is 1.33 bits per heavy atom. The molecule has 1 fully saturated rings. The molecule has 0 saturated carbocycles. The molecule has 0 unspecified atom stereocenters. The van der Waals surface area contributed by atoms with E-state index in [1.54, 1.807) is 12.1 Å². The van der Waals surface area contributed by atoms with Crippen molar-refractivity contribution in [1.82, 2.24) is 15.1 Å². The number of hydrogen-bond donors (Lipinski definition) is 1. The quantitative estimate of drug-likeness (QED) is 0.891. The van der Waals surface area contributed by atoms with E-state index in [2.05, 4.69) is 10.4 Å². The van der Waals surface area contributed by atoms with Crippen LogP contribution in [0.3, 0.4) is 0 Å². The summed E-state index contributed by atoms with van der Waals surface area (Å²) in [7, 11) is 1.92. The van der Waals surface area contributed by atoms with Crippen LogP contribution in [0.5, 0.6) is 0 Å². The van der Waals surface area contributed by atoms with E-state index in [0.29, 0.717) is 0 Å². The van der Waals surface area contributed by atoms with Crippen molar-refractivity contribution in [2.24, 2.45) is 7.05 Å². The summed E-state index contributed by atoms with van der Waals surface area (Å²) in [5.41, 5.74) is 2.52. The normalized spacial score (nSPS) is 17.4. The fourth-order valence-electron chi connectivity index (χ4n) is 2.62. The van der Waals surface area contributed by atoms with Gasteiger partial charge >= 0.3 is 0 Å². The molecule has 1 aromatic carbocycles. The Morgan fingerprint density at radius 3 is 2.56 bits per heavy atom. The summed E-state index contributed by atoms with van der Waals surface area (Å²) in [5, 5.41) is 7.52. The first-order chi connectivity index (χ1) is 8.68. The molecule has 1 saturated heterocycles. The van der Waals surface area contributed by atoms with Crippen molar-refractivity contribution in [3.8, 4) is 0 Å². The lowest BCUT2D eigenvalue weighted by molar-refractivity contribution is 0.274. The molecule has 18 heavy (non-hydrogen) atoms. The van der Waals surface area contributed by atoms with E-state index in [1.807, 2.05) is 36.3 Å². The maximum atomic E-state index is 13.0. The number of nitrogens with one attached hydrogen (secondary N) is 1. The SMILES string of the molecule is Cn1cc(CC2(c3ccc(F)cc3)CNC2)cn1. The van der Waals surface area contributed by atoms with E-state index in [1.165, 1.54) is 11.1 Å². The third kappa shape index (κ3) is 1.93. The summed E-state index contributed by atoms with van der Waals surface area (Å²) >= 11 is 0. The highest BCUT2D eigenvalue weighted by atomic mass is 19.1. The van der Waals surface area contributed by atoms with Gasteiger partial charge < -0.3 is 5.32 Å². The average Bonchev–Trinajstić information content (AvgIpc) is 2.71. The summed E-state index contributed by atoms with van der Waals surface area (Å²) in [6.07, 6.45) is 4.90. The van der Waals surface area contributed by atoms with Gasteiger partial charge in [0.2, 0.25) is 0 Å². The molecule has 1 aromatic heterocycles. The van der Waals surface area contributed by atoms with E-state index in [-0.39, 0.29) is 11.2 Å². The lowest BCUT2D eigenvalue weighted by Crippen LogP contribution is -2.58. The number of rotatable bonds is 3. The van der Waals surface area contributed by atoms with Crippen molar-refractivity contribution < 1.29 is 4.39 Å². The Labute approximate surface area is 106 Å². The first kappa shape index (κ1) is 11.4. The largest absolute Gasteiger partial charge is 0.315 e. The summed E-state index contributed by atoms with van der Waals surface area (Å²) < 4.78 is 14.8. The third-order valence-corrected chi connectivity index (χ3v) is 3.68. The van der Waals surface area contributed by atoms with E-state index >= 15 is 0 Å². The zero-order valence-electron chi connectivity index (χ0n) is 10.4. The van der Waals surface area contributed by atoms with Gasteiger partial charge in [0, 0.05) is 31.7 Å². The minimum absolute atomic E-state index is 0.0940. The van der Waals surface area contributed by atoms with Crippen LogP contribution >= 0.6 is 0 Å². The molecular weight excluding hydrogens is 229 g/mol. The lowest BCUT2D eigenvalue weighted by Gasteiger charge is -2.43. The molecule has 0 radical (unpaired) electrons. The van der Waals surface area contributed by atoms with Gasteiger partial charge in [0.25, 0.3) is 0 Å². The van der Waals surface area contributed by atoms with E-state index in [4.69, 9.17) is 0 Å². The molecule has 3 nitrogen and oxygen atoms in total. The molecule has 0 atom stereocenters. The molecule has 2 aromatic rings. The predicted octanol–water partition coefficient (Wildman–Crippen LogP) is 1.64. The van der Waals surface area contributed by atoms with Crippen LogP contribution in [-0.4, -0.2) is 22.9 Å². The average molecular weight is 245 g/mol. The van der Waals surface area contributed by atoms with Crippen LogP contribution in [0.4, 0.5) is 4.39 Å². The van der Waals surface area contributed by atoms with Crippen molar-refractivity contribution in [2.75, 3.05) is 13.1 Å². The van der Waals surface area contributed by atoms with Crippen LogP contribution in [0.15, 0.2) is 36.7 Å². The maximum absolute atomic E-state index is 13.0. The number of hydrogen-bond acceptors (Lipinski definition) is 2. The van der Waals surface area contributed by atoms with Gasteiger partial charge in [-0.1, -0.05) is 12.1 Å². The molecule has 94 valence electrons. The topological polar surface area (TPSA) is 29.9 Å². The Kier molecular flexibility index (Phi) is 2.67. The van der Waals surface area contributed by atoms with Crippen LogP contribution in [0.25, 0.3) is 0 Å². The summed E-state index contributed by atoms with van der Waals surface area (Å²) in [6.45, 7) is 1.88. The summed E-state index contributed by atoms with van der Waals surface area (Å²) in [6, 6.07) is 6.87. The molecule has 2 heterocycles. The van der Waals surface area contributed by atoms with Crippen molar-refractivity contribution >= 4 is 0 Å². The zero-order chi connectivity index (χ0) is 12.6. The second kappa shape index (κ2) is 4.21. The van der Waals surface area contributed by atoms with Gasteiger partial charge in [-0.05, 0) is 29.7 Å². The fourth-order valence-corrected chi connectivity index (χ4v) is 2.62. The second-order valence-electron chi connectivity index (χ2n) is 5.09. The Balaban J connectivity index is 1.88. The lowest BCUT2D eigenvalue weighted by atomic mass is 9.71. The van der Waals surface area contributed by atoms with Crippen molar-refractivity contribution in [2.45, 2.75) is 11.8 Å². The van der Waals surface area contributed by atoms with Gasteiger partial charge in [-0.2, -0.15) is 5.10 Å². The van der Waals surface area contributed by atoms with Crippen LogP contribution in [-0.2, 0) is 18.9 Å². The standard InChI is InChI=1S/C14H16FN3/c1-18-8-11(7-17-18)6-14(9-16-10-14)12-2-4-13(15)5-3-12/h2-5,7-8,16H,6,9-10H2,1H3. The van der Waals surface area contributed by atoms with Gasteiger partial charge in [0.15, 0.2) is 0 Å². The van der Waals surface area contributed by atoms with E-state index < -0.39 is 0 Å². The molecule has 1 aliphatic rings. The molecule has 1 N–H and O–H groups in total. The monoisotopic (exact) mass is 245 g/mol. The Hall–Kier alpha value is -1.68.